The molecule has 1 heterocycles. The molecule has 2 aromatic carbocycles. The Hall–Kier alpha value is -2.62. The summed E-state index contributed by atoms with van der Waals surface area (Å²) in [7, 11) is -2.46. The molecule has 0 saturated heterocycles. The van der Waals surface area contributed by atoms with Crippen LogP contribution in [0.3, 0.4) is 0 Å². The number of hydrazine groups is 1. The van der Waals surface area contributed by atoms with E-state index in [2.05, 4.69) is 10.1 Å². The molecule has 10 heteroatoms. The first-order chi connectivity index (χ1) is 12.3. The highest BCUT2D eigenvalue weighted by atomic mass is 35.5. The van der Waals surface area contributed by atoms with E-state index in [0.29, 0.717) is 16.5 Å². The lowest BCUT2D eigenvalue weighted by atomic mass is 10.2. The standard InChI is InChI=1S/C16H14ClN3O5S/c1-25-13-7-6-10(8-12(13)17)18-15(21)9-20-16(22)11-4-2-3-5-14(11)26(23,24)19-20/h2-8,19H,9H2,1H3,(H,18,21). The van der Waals surface area contributed by atoms with Crippen molar-refractivity contribution in [3.05, 3.63) is 53.1 Å². The molecule has 1 aliphatic rings. The lowest BCUT2D eigenvalue weighted by Crippen LogP contribution is -2.53. The van der Waals surface area contributed by atoms with Gasteiger partial charge in [-0.15, -0.1) is 4.83 Å². The molecule has 0 bridgehead atoms. The van der Waals surface area contributed by atoms with Crippen molar-refractivity contribution in [2.24, 2.45) is 0 Å². The molecule has 0 spiro atoms. The average molecular weight is 396 g/mol. The van der Waals surface area contributed by atoms with Crippen LogP contribution in [0, 0.1) is 0 Å². The Morgan fingerprint density at radius 2 is 2.00 bits per heavy atom. The maximum atomic E-state index is 12.4. The summed E-state index contributed by atoms with van der Waals surface area (Å²) in [4.78, 5) is 26.6. The molecule has 3 rings (SSSR count). The van der Waals surface area contributed by atoms with Crippen LogP contribution in [0.15, 0.2) is 47.4 Å². The molecular weight excluding hydrogens is 382 g/mol. The molecule has 2 aromatic rings. The van der Waals surface area contributed by atoms with Crippen molar-refractivity contribution < 1.29 is 22.7 Å². The van der Waals surface area contributed by atoms with E-state index in [0.717, 1.165) is 5.01 Å². The molecule has 0 radical (unpaired) electrons. The van der Waals surface area contributed by atoms with Gasteiger partial charge in [0, 0.05) is 5.69 Å². The van der Waals surface area contributed by atoms with Crippen LogP contribution in [0.2, 0.25) is 5.02 Å². The van der Waals surface area contributed by atoms with Gasteiger partial charge in [-0.3, -0.25) is 14.6 Å². The smallest absolute Gasteiger partial charge is 0.270 e. The van der Waals surface area contributed by atoms with Crippen molar-refractivity contribution in [3.8, 4) is 5.75 Å². The highest BCUT2D eigenvalue weighted by Gasteiger charge is 2.34. The second-order valence-corrected chi connectivity index (χ2v) is 7.42. The molecule has 2 N–H and O–H groups in total. The van der Waals surface area contributed by atoms with E-state index >= 15 is 0 Å². The van der Waals surface area contributed by atoms with E-state index in [4.69, 9.17) is 16.3 Å². The minimum atomic E-state index is -3.92. The highest BCUT2D eigenvalue weighted by molar-refractivity contribution is 7.89. The van der Waals surface area contributed by atoms with Crippen LogP contribution in [0.4, 0.5) is 5.69 Å². The summed E-state index contributed by atoms with van der Waals surface area (Å²) in [6, 6.07) is 10.4. The monoisotopic (exact) mass is 395 g/mol. The second kappa shape index (κ2) is 6.94. The van der Waals surface area contributed by atoms with Gasteiger partial charge in [0.2, 0.25) is 5.91 Å². The van der Waals surface area contributed by atoms with Crippen molar-refractivity contribution in [1.29, 1.82) is 0 Å². The molecule has 26 heavy (non-hydrogen) atoms. The van der Waals surface area contributed by atoms with E-state index in [9.17, 15) is 18.0 Å². The Bertz CT molecular complexity index is 993. The third-order valence-corrected chi connectivity index (χ3v) is 5.31. The SMILES string of the molecule is COc1ccc(NC(=O)CN2NS(=O)(=O)c3ccccc3C2=O)cc1Cl. The number of hydrogen-bond donors (Lipinski definition) is 2. The molecule has 0 fully saturated rings. The zero-order valence-electron chi connectivity index (χ0n) is 13.5. The number of ether oxygens (including phenoxy) is 1. The summed E-state index contributed by atoms with van der Waals surface area (Å²) in [5, 5.41) is 3.59. The van der Waals surface area contributed by atoms with Crippen molar-refractivity contribution in [2.75, 3.05) is 19.0 Å². The van der Waals surface area contributed by atoms with Crippen LogP contribution in [0.1, 0.15) is 10.4 Å². The van der Waals surface area contributed by atoms with Gasteiger partial charge in [0.15, 0.2) is 0 Å². The number of carbonyl (C=O) groups excluding carboxylic acids is 2. The quantitative estimate of drug-likeness (QED) is 0.818. The van der Waals surface area contributed by atoms with Gasteiger partial charge in [0.05, 0.1) is 22.6 Å². The Morgan fingerprint density at radius 1 is 1.27 bits per heavy atom. The van der Waals surface area contributed by atoms with Gasteiger partial charge in [0.25, 0.3) is 15.9 Å². The highest BCUT2D eigenvalue weighted by Crippen LogP contribution is 2.27. The second-order valence-electron chi connectivity index (χ2n) is 5.38. The van der Waals surface area contributed by atoms with Crippen LogP contribution in [-0.4, -0.2) is 38.9 Å². The molecule has 2 amide bonds. The summed E-state index contributed by atoms with van der Waals surface area (Å²) in [6.45, 7) is -0.504. The number of carbonyl (C=O) groups is 2. The van der Waals surface area contributed by atoms with Gasteiger partial charge in [0.1, 0.15) is 12.3 Å². The first-order valence-corrected chi connectivity index (χ1v) is 9.24. The molecular formula is C16H14ClN3O5S. The summed E-state index contributed by atoms with van der Waals surface area (Å²) in [5.74, 6) is -0.764. The predicted octanol–water partition coefficient (Wildman–Crippen LogP) is 1.64. The Morgan fingerprint density at radius 3 is 2.69 bits per heavy atom. The largest absolute Gasteiger partial charge is 0.495 e. The summed E-state index contributed by atoms with van der Waals surface area (Å²) in [6.07, 6.45) is 0. The minimum Gasteiger partial charge on any atom is -0.495 e. The summed E-state index contributed by atoms with van der Waals surface area (Å²) in [5.41, 5.74) is 0.389. The van der Waals surface area contributed by atoms with Gasteiger partial charge in [-0.2, -0.15) is 0 Å². The summed E-state index contributed by atoms with van der Waals surface area (Å²) >= 11 is 5.99. The van der Waals surface area contributed by atoms with Gasteiger partial charge >= 0.3 is 0 Å². The normalized spacial score (nSPS) is 15.3. The van der Waals surface area contributed by atoms with E-state index in [1.807, 2.05) is 0 Å². The number of fused-ring (bicyclic) bond motifs is 1. The number of benzene rings is 2. The van der Waals surface area contributed by atoms with Gasteiger partial charge in [-0.25, -0.2) is 8.42 Å². The number of nitrogens with zero attached hydrogens (tertiary/aromatic N) is 1. The number of nitrogens with one attached hydrogen (secondary N) is 2. The number of methoxy groups -OCH3 is 1. The number of halogens is 1. The van der Waals surface area contributed by atoms with Crippen LogP contribution in [0.25, 0.3) is 0 Å². The lowest BCUT2D eigenvalue weighted by Gasteiger charge is -2.28. The van der Waals surface area contributed by atoms with Gasteiger partial charge in [-0.05, 0) is 30.3 Å². The molecule has 0 aromatic heterocycles. The molecule has 0 saturated carbocycles. The minimum absolute atomic E-state index is 0.00606. The zero-order chi connectivity index (χ0) is 18.9. The molecule has 8 nitrogen and oxygen atoms in total. The number of hydrogen-bond acceptors (Lipinski definition) is 5. The van der Waals surface area contributed by atoms with E-state index in [1.165, 1.54) is 31.4 Å². The topological polar surface area (TPSA) is 105 Å². The number of amides is 2. The van der Waals surface area contributed by atoms with Crippen molar-refractivity contribution in [2.45, 2.75) is 4.90 Å². The zero-order valence-corrected chi connectivity index (χ0v) is 15.1. The van der Waals surface area contributed by atoms with Crippen molar-refractivity contribution in [1.82, 2.24) is 9.84 Å². The number of sulfonamides is 1. The molecule has 0 atom stereocenters. The Labute approximate surface area is 154 Å². The lowest BCUT2D eigenvalue weighted by molar-refractivity contribution is -0.117. The maximum absolute atomic E-state index is 12.4. The number of rotatable bonds is 4. The van der Waals surface area contributed by atoms with E-state index in [-0.39, 0.29) is 10.5 Å². The fourth-order valence-electron chi connectivity index (χ4n) is 2.45. The maximum Gasteiger partial charge on any atom is 0.270 e. The van der Waals surface area contributed by atoms with E-state index < -0.39 is 28.4 Å². The van der Waals surface area contributed by atoms with Crippen LogP contribution >= 0.6 is 11.6 Å². The Balaban J connectivity index is 1.76. The van der Waals surface area contributed by atoms with Crippen LogP contribution < -0.4 is 14.9 Å². The van der Waals surface area contributed by atoms with Gasteiger partial charge in [-0.1, -0.05) is 23.7 Å². The Kier molecular flexibility index (Phi) is 4.86. The molecule has 1 aliphatic heterocycles. The third-order valence-electron chi connectivity index (χ3n) is 3.62. The first kappa shape index (κ1) is 18.2. The first-order valence-electron chi connectivity index (χ1n) is 7.38. The van der Waals surface area contributed by atoms with Crippen molar-refractivity contribution >= 4 is 39.1 Å². The molecule has 136 valence electrons. The van der Waals surface area contributed by atoms with Gasteiger partial charge < -0.3 is 10.1 Å². The predicted molar refractivity (Wildman–Crippen MR) is 94.4 cm³/mol. The third kappa shape index (κ3) is 3.50. The van der Waals surface area contributed by atoms with Crippen LogP contribution in [-0.2, 0) is 14.8 Å². The summed E-state index contributed by atoms with van der Waals surface area (Å²) < 4.78 is 29.5. The van der Waals surface area contributed by atoms with Crippen LogP contribution in [0.5, 0.6) is 5.75 Å². The fraction of sp³-hybridized carbons (Fsp3) is 0.125. The fourth-order valence-corrected chi connectivity index (χ4v) is 3.95. The average Bonchev–Trinajstić information content (AvgIpc) is 2.59. The van der Waals surface area contributed by atoms with Crippen molar-refractivity contribution in [3.63, 3.8) is 0 Å². The number of anilines is 1. The molecule has 0 unspecified atom stereocenters. The van der Waals surface area contributed by atoms with E-state index in [1.54, 1.807) is 18.2 Å². The molecule has 0 aliphatic carbocycles.